The number of rotatable bonds is 6. The molecular formula is C13H24N2O5S. The number of hydrogen-bond donors (Lipinski definition) is 1. The fourth-order valence-electron chi connectivity index (χ4n) is 2.52. The van der Waals surface area contributed by atoms with Crippen LogP contribution in [-0.4, -0.2) is 72.5 Å². The molecule has 0 aromatic rings. The molecule has 2 amide bonds. The molecule has 0 aliphatic carbocycles. The molecule has 0 radical (unpaired) electrons. The van der Waals surface area contributed by atoms with Crippen LogP contribution >= 0.6 is 0 Å². The van der Waals surface area contributed by atoms with E-state index in [9.17, 15) is 18.0 Å². The van der Waals surface area contributed by atoms with E-state index in [4.69, 9.17) is 5.11 Å². The highest BCUT2D eigenvalue weighted by Crippen LogP contribution is 2.20. The summed E-state index contributed by atoms with van der Waals surface area (Å²) in [4.78, 5) is 26.2. The first kappa shape index (κ1) is 17.7. The van der Waals surface area contributed by atoms with Crippen LogP contribution in [0, 0.1) is 0 Å². The molecule has 122 valence electrons. The van der Waals surface area contributed by atoms with Crippen molar-refractivity contribution in [1.29, 1.82) is 0 Å². The molecule has 1 aliphatic heterocycles. The highest BCUT2D eigenvalue weighted by atomic mass is 32.2. The third-order valence-corrected chi connectivity index (χ3v) is 5.62. The number of aliphatic carboxylic acids is 1. The summed E-state index contributed by atoms with van der Waals surface area (Å²) in [7, 11) is -1.55. The molecule has 2 unspecified atom stereocenters. The van der Waals surface area contributed by atoms with Gasteiger partial charge in [-0.2, -0.15) is 0 Å². The van der Waals surface area contributed by atoms with Gasteiger partial charge in [0.2, 0.25) is 0 Å². The molecule has 8 heteroatoms. The van der Waals surface area contributed by atoms with Crippen LogP contribution in [0.4, 0.5) is 4.79 Å². The van der Waals surface area contributed by atoms with E-state index in [1.54, 1.807) is 7.05 Å². The summed E-state index contributed by atoms with van der Waals surface area (Å²) in [6.07, 6.45) is 2.03. The summed E-state index contributed by atoms with van der Waals surface area (Å²) in [6.45, 7) is 3.43. The van der Waals surface area contributed by atoms with E-state index in [1.165, 1.54) is 9.80 Å². The van der Waals surface area contributed by atoms with Crippen molar-refractivity contribution >= 4 is 21.8 Å². The summed E-state index contributed by atoms with van der Waals surface area (Å²) in [6, 6.07) is -0.980. The molecule has 1 fully saturated rings. The molecule has 0 aromatic heterocycles. The maximum absolute atomic E-state index is 12.5. The maximum Gasteiger partial charge on any atom is 0.323 e. The topological polar surface area (TPSA) is 95.0 Å². The highest BCUT2D eigenvalue weighted by molar-refractivity contribution is 7.91. The van der Waals surface area contributed by atoms with Crippen LogP contribution in [0.3, 0.4) is 0 Å². The molecule has 1 rings (SSSR count). The Balaban J connectivity index is 2.87. The second-order valence-corrected chi connectivity index (χ2v) is 7.84. The van der Waals surface area contributed by atoms with Gasteiger partial charge in [0.25, 0.3) is 0 Å². The second kappa shape index (κ2) is 7.11. The molecule has 0 spiro atoms. The van der Waals surface area contributed by atoms with Crippen molar-refractivity contribution in [2.45, 2.75) is 45.2 Å². The molecule has 21 heavy (non-hydrogen) atoms. The van der Waals surface area contributed by atoms with Crippen molar-refractivity contribution in [3.63, 3.8) is 0 Å². The first-order chi connectivity index (χ1) is 9.68. The number of sulfone groups is 1. The van der Waals surface area contributed by atoms with Gasteiger partial charge in [-0.25, -0.2) is 13.2 Å². The lowest BCUT2D eigenvalue weighted by Crippen LogP contribution is -2.51. The fourth-order valence-corrected chi connectivity index (χ4v) is 4.25. The molecular weight excluding hydrogens is 296 g/mol. The summed E-state index contributed by atoms with van der Waals surface area (Å²) < 4.78 is 23.1. The number of hydrogen-bond acceptors (Lipinski definition) is 4. The van der Waals surface area contributed by atoms with Gasteiger partial charge in [-0.1, -0.05) is 13.3 Å². The van der Waals surface area contributed by atoms with Crippen molar-refractivity contribution < 1.29 is 23.1 Å². The van der Waals surface area contributed by atoms with Gasteiger partial charge in [-0.15, -0.1) is 0 Å². The van der Waals surface area contributed by atoms with Crippen molar-refractivity contribution in [2.75, 3.05) is 25.1 Å². The Morgan fingerprint density at radius 3 is 2.43 bits per heavy atom. The Hall–Kier alpha value is -1.31. The zero-order chi connectivity index (χ0) is 16.2. The summed E-state index contributed by atoms with van der Waals surface area (Å²) in [5.41, 5.74) is 0. The largest absolute Gasteiger partial charge is 0.480 e. The molecule has 1 N–H and O–H groups in total. The Bertz CT molecular complexity index is 491. The molecule has 0 aromatic carbocycles. The van der Waals surface area contributed by atoms with Crippen LogP contribution in [0.25, 0.3) is 0 Å². The van der Waals surface area contributed by atoms with Gasteiger partial charge in [-0.3, -0.25) is 4.79 Å². The third-order valence-electron chi connectivity index (χ3n) is 3.87. The lowest BCUT2D eigenvalue weighted by Gasteiger charge is -2.34. The smallest absolute Gasteiger partial charge is 0.323 e. The van der Waals surface area contributed by atoms with Gasteiger partial charge in [0, 0.05) is 19.1 Å². The first-order valence-corrected chi connectivity index (χ1v) is 8.95. The van der Waals surface area contributed by atoms with Gasteiger partial charge < -0.3 is 14.9 Å². The molecule has 1 heterocycles. The monoisotopic (exact) mass is 320 g/mol. The second-order valence-electron chi connectivity index (χ2n) is 5.61. The maximum atomic E-state index is 12.5. The normalized spacial score (nSPS) is 21.8. The molecule has 0 bridgehead atoms. The number of urea groups is 1. The summed E-state index contributed by atoms with van der Waals surface area (Å²) in [5, 5.41) is 8.99. The number of nitrogens with zero attached hydrogens (tertiary/aromatic N) is 2. The lowest BCUT2D eigenvalue weighted by molar-refractivity contribution is -0.138. The summed E-state index contributed by atoms with van der Waals surface area (Å²) in [5.74, 6) is -1.28. The Labute approximate surface area is 125 Å². The van der Waals surface area contributed by atoms with E-state index in [2.05, 4.69) is 0 Å². The van der Waals surface area contributed by atoms with Crippen LogP contribution in [-0.2, 0) is 14.6 Å². The molecule has 1 saturated heterocycles. The van der Waals surface area contributed by atoms with Gasteiger partial charge in [0.15, 0.2) is 9.84 Å². The minimum absolute atomic E-state index is 0.00922. The Morgan fingerprint density at radius 1 is 1.38 bits per heavy atom. The number of carboxylic acid groups (broad SMARTS) is 1. The van der Waals surface area contributed by atoms with E-state index < -0.39 is 34.4 Å². The number of amides is 2. The Morgan fingerprint density at radius 2 is 2.00 bits per heavy atom. The van der Waals surface area contributed by atoms with E-state index in [1.807, 2.05) is 13.8 Å². The molecule has 1 aliphatic rings. The lowest BCUT2D eigenvalue weighted by atomic mass is 10.1. The predicted octanol–water partition coefficient (Wildman–Crippen LogP) is 0.801. The van der Waals surface area contributed by atoms with Gasteiger partial charge in [-0.05, 0) is 19.8 Å². The van der Waals surface area contributed by atoms with Crippen LogP contribution < -0.4 is 0 Å². The van der Waals surface area contributed by atoms with Gasteiger partial charge in [0.1, 0.15) is 6.54 Å². The van der Waals surface area contributed by atoms with E-state index in [0.29, 0.717) is 6.42 Å². The van der Waals surface area contributed by atoms with Gasteiger partial charge >= 0.3 is 12.0 Å². The van der Waals surface area contributed by atoms with Crippen molar-refractivity contribution in [2.24, 2.45) is 0 Å². The van der Waals surface area contributed by atoms with E-state index in [0.717, 1.165) is 12.8 Å². The van der Waals surface area contributed by atoms with Crippen LogP contribution in [0.2, 0.25) is 0 Å². The van der Waals surface area contributed by atoms with Crippen LogP contribution in [0.5, 0.6) is 0 Å². The Kier molecular flexibility index (Phi) is 6.00. The SMILES string of the molecule is CCCC(C)N(C)C(=O)N(CC(=O)O)C1CCS(=O)(=O)C1. The average Bonchev–Trinajstić information content (AvgIpc) is 2.74. The van der Waals surface area contributed by atoms with Gasteiger partial charge in [0.05, 0.1) is 11.5 Å². The minimum atomic E-state index is -3.17. The van der Waals surface area contributed by atoms with Crippen LogP contribution in [0.1, 0.15) is 33.1 Å². The van der Waals surface area contributed by atoms with Crippen molar-refractivity contribution in [3.05, 3.63) is 0 Å². The predicted molar refractivity (Wildman–Crippen MR) is 78.9 cm³/mol. The van der Waals surface area contributed by atoms with E-state index >= 15 is 0 Å². The standard InChI is InChI=1S/C13H24N2O5S/c1-4-5-10(2)14(3)13(18)15(8-12(16)17)11-6-7-21(19,20)9-11/h10-11H,4-9H2,1-3H3,(H,16,17). The first-order valence-electron chi connectivity index (χ1n) is 7.13. The number of carbonyl (C=O) groups is 2. The fraction of sp³-hybridized carbons (Fsp3) is 0.846. The average molecular weight is 320 g/mol. The zero-order valence-corrected chi connectivity index (χ0v) is 13.6. The van der Waals surface area contributed by atoms with Crippen molar-refractivity contribution in [3.8, 4) is 0 Å². The van der Waals surface area contributed by atoms with E-state index in [-0.39, 0.29) is 17.5 Å². The summed E-state index contributed by atoms with van der Waals surface area (Å²) >= 11 is 0. The minimum Gasteiger partial charge on any atom is -0.480 e. The molecule has 0 saturated carbocycles. The van der Waals surface area contributed by atoms with Crippen LogP contribution in [0.15, 0.2) is 0 Å². The number of carbonyl (C=O) groups excluding carboxylic acids is 1. The van der Waals surface area contributed by atoms with Crippen molar-refractivity contribution in [1.82, 2.24) is 9.80 Å². The number of carboxylic acids is 1. The molecule has 2 atom stereocenters. The quantitative estimate of drug-likeness (QED) is 0.781. The zero-order valence-electron chi connectivity index (χ0n) is 12.8. The third kappa shape index (κ3) is 4.87. The molecule has 7 nitrogen and oxygen atoms in total. The highest BCUT2D eigenvalue weighted by Gasteiger charge is 2.37.